The van der Waals surface area contributed by atoms with Gasteiger partial charge in [0.2, 0.25) is 0 Å². The monoisotopic (exact) mass is 287 g/mol. The Morgan fingerprint density at radius 2 is 2.12 bits per heavy atom. The highest BCUT2D eigenvalue weighted by molar-refractivity contribution is 9.10. The Hall–Kier alpha value is -1.68. The number of hydrogen-bond acceptors (Lipinski definition) is 2. The molecule has 1 aromatic carbocycles. The second-order valence-electron chi connectivity index (χ2n) is 3.96. The zero-order valence-electron chi connectivity index (χ0n) is 9.26. The molecule has 2 aromatic heterocycles. The van der Waals surface area contributed by atoms with Crippen LogP contribution >= 0.6 is 15.9 Å². The average Bonchev–Trinajstić information content (AvgIpc) is 2.71. The summed E-state index contributed by atoms with van der Waals surface area (Å²) >= 11 is 3.50. The van der Waals surface area contributed by atoms with E-state index in [-0.39, 0.29) is 0 Å². The van der Waals surface area contributed by atoms with Crippen LogP contribution in [0.3, 0.4) is 0 Å². The highest BCUT2D eigenvalue weighted by atomic mass is 79.9. The van der Waals surface area contributed by atoms with Crippen LogP contribution in [0, 0.1) is 6.92 Å². The van der Waals surface area contributed by atoms with E-state index in [0.717, 1.165) is 21.2 Å². The summed E-state index contributed by atoms with van der Waals surface area (Å²) in [4.78, 5) is 4.36. The summed E-state index contributed by atoms with van der Waals surface area (Å²) in [5, 5.41) is 5.43. The lowest BCUT2D eigenvalue weighted by molar-refractivity contribution is 0.895. The van der Waals surface area contributed by atoms with Crippen molar-refractivity contribution < 1.29 is 0 Å². The molecule has 0 radical (unpaired) electrons. The predicted octanol–water partition coefficient (Wildman–Crippen LogP) is 3.49. The first-order chi connectivity index (χ1) is 8.24. The maximum Gasteiger partial charge on any atom is 0.162 e. The number of fused-ring (bicyclic) bond motifs is 1. The maximum atomic E-state index is 4.38. The van der Waals surface area contributed by atoms with Gasteiger partial charge in [0.05, 0.1) is 11.9 Å². The maximum absolute atomic E-state index is 4.38. The highest BCUT2D eigenvalue weighted by Crippen LogP contribution is 2.21. The third kappa shape index (κ3) is 1.85. The summed E-state index contributed by atoms with van der Waals surface area (Å²) in [5.74, 6) is 0. The molecule has 0 fully saturated rings. The van der Waals surface area contributed by atoms with E-state index in [0.29, 0.717) is 0 Å². The minimum absolute atomic E-state index is 0.880. The molecule has 0 unspecified atom stereocenters. The quantitative estimate of drug-likeness (QED) is 0.686. The van der Waals surface area contributed by atoms with Gasteiger partial charge in [-0.3, -0.25) is 0 Å². The second kappa shape index (κ2) is 3.96. The molecule has 0 atom stereocenters. The molecule has 0 bridgehead atoms. The van der Waals surface area contributed by atoms with Gasteiger partial charge in [-0.15, -0.1) is 0 Å². The molecule has 3 aromatic rings. The fourth-order valence-electron chi connectivity index (χ4n) is 1.89. The van der Waals surface area contributed by atoms with Crippen LogP contribution in [0.1, 0.15) is 5.56 Å². The van der Waals surface area contributed by atoms with Crippen LogP contribution in [0.4, 0.5) is 0 Å². The van der Waals surface area contributed by atoms with Gasteiger partial charge in [0, 0.05) is 16.1 Å². The first kappa shape index (κ1) is 10.5. The number of hydrogen-bond donors (Lipinski definition) is 0. The number of aromatic nitrogens is 3. The zero-order chi connectivity index (χ0) is 11.8. The lowest BCUT2D eigenvalue weighted by atomic mass is 10.2. The van der Waals surface area contributed by atoms with Crippen LogP contribution in [0.25, 0.3) is 16.7 Å². The molecule has 3 nitrogen and oxygen atoms in total. The number of nitrogens with zero attached hydrogens (tertiary/aromatic N) is 3. The second-order valence-corrected chi connectivity index (χ2v) is 4.88. The smallest absolute Gasteiger partial charge is 0.162 e. The molecule has 3 rings (SSSR count). The lowest BCUT2D eigenvalue weighted by Crippen LogP contribution is -1.97. The van der Waals surface area contributed by atoms with Gasteiger partial charge in [0.25, 0.3) is 0 Å². The average molecular weight is 288 g/mol. The Morgan fingerprint density at radius 1 is 1.24 bits per heavy atom. The van der Waals surface area contributed by atoms with E-state index in [9.17, 15) is 0 Å². The Bertz CT molecular complexity index is 668. The Labute approximate surface area is 107 Å². The van der Waals surface area contributed by atoms with Crippen LogP contribution < -0.4 is 0 Å². The van der Waals surface area contributed by atoms with E-state index in [1.807, 2.05) is 29.1 Å². The first-order valence-corrected chi connectivity index (χ1v) is 6.10. The van der Waals surface area contributed by atoms with Crippen LogP contribution in [0.5, 0.6) is 0 Å². The summed E-state index contributed by atoms with van der Waals surface area (Å²) < 4.78 is 2.90. The van der Waals surface area contributed by atoms with Crippen molar-refractivity contribution in [2.75, 3.05) is 0 Å². The Morgan fingerprint density at radius 3 is 2.94 bits per heavy atom. The van der Waals surface area contributed by atoms with Crippen molar-refractivity contribution in [2.24, 2.45) is 0 Å². The molecule has 0 spiro atoms. The van der Waals surface area contributed by atoms with Crippen molar-refractivity contribution in [2.45, 2.75) is 6.92 Å². The largest absolute Gasteiger partial charge is 0.237 e. The van der Waals surface area contributed by atoms with Crippen molar-refractivity contribution >= 4 is 27.0 Å². The summed E-state index contributed by atoms with van der Waals surface area (Å²) in [5.41, 5.74) is 3.09. The first-order valence-electron chi connectivity index (χ1n) is 5.30. The summed E-state index contributed by atoms with van der Waals surface area (Å²) in [7, 11) is 0. The van der Waals surface area contributed by atoms with Gasteiger partial charge in [-0.1, -0.05) is 15.9 Å². The molecule has 0 N–H and O–H groups in total. The standard InChI is InChI=1S/C13H10BrN3/c1-9-5-11(14)7-12(6-9)17-13-10(8-16-17)3-2-4-15-13/h2-8H,1H3. The van der Waals surface area contributed by atoms with Crippen molar-refractivity contribution in [1.82, 2.24) is 14.8 Å². The minimum Gasteiger partial charge on any atom is -0.237 e. The minimum atomic E-state index is 0.880. The molecule has 0 amide bonds. The van der Waals surface area contributed by atoms with Gasteiger partial charge in [-0.25, -0.2) is 9.67 Å². The molecule has 0 aliphatic rings. The normalized spacial score (nSPS) is 10.9. The van der Waals surface area contributed by atoms with Crippen LogP contribution in [-0.2, 0) is 0 Å². The lowest BCUT2D eigenvalue weighted by Gasteiger charge is -2.05. The number of benzene rings is 1. The van der Waals surface area contributed by atoms with Crippen LogP contribution in [-0.4, -0.2) is 14.8 Å². The molecule has 0 saturated carbocycles. The van der Waals surface area contributed by atoms with Gasteiger partial charge >= 0.3 is 0 Å². The summed E-state index contributed by atoms with van der Waals surface area (Å²) in [6, 6.07) is 10.1. The SMILES string of the molecule is Cc1cc(Br)cc(-n2ncc3cccnc32)c1. The number of aryl methyl sites for hydroxylation is 1. The van der Waals surface area contributed by atoms with E-state index in [4.69, 9.17) is 0 Å². The van der Waals surface area contributed by atoms with E-state index in [1.165, 1.54) is 5.56 Å². The van der Waals surface area contributed by atoms with Crippen molar-refractivity contribution in [3.63, 3.8) is 0 Å². The Kier molecular flexibility index (Phi) is 2.44. The molecular formula is C13H10BrN3. The fraction of sp³-hybridized carbons (Fsp3) is 0.0769. The molecule has 84 valence electrons. The molecule has 0 aliphatic heterocycles. The Balaban J connectivity index is 2.27. The van der Waals surface area contributed by atoms with E-state index >= 15 is 0 Å². The van der Waals surface area contributed by atoms with Crippen molar-refractivity contribution in [1.29, 1.82) is 0 Å². The molecular weight excluding hydrogens is 278 g/mol. The van der Waals surface area contributed by atoms with Gasteiger partial charge < -0.3 is 0 Å². The topological polar surface area (TPSA) is 30.7 Å². The summed E-state index contributed by atoms with van der Waals surface area (Å²) in [6.07, 6.45) is 3.62. The van der Waals surface area contributed by atoms with Crippen molar-refractivity contribution in [3.05, 3.63) is 52.8 Å². The third-order valence-electron chi connectivity index (χ3n) is 2.60. The number of halogens is 1. The highest BCUT2D eigenvalue weighted by Gasteiger charge is 2.06. The van der Waals surface area contributed by atoms with E-state index in [1.54, 1.807) is 6.20 Å². The molecule has 0 saturated heterocycles. The number of pyridine rings is 1. The predicted molar refractivity (Wildman–Crippen MR) is 71.3 cm³/mol. The van der Waals surface area contributed by atoms with Crippen LogP contribution in [0.2, 0.25) is 0 Å². The fourth-order valence-corrected chi connectivity index (χ4v) is 2.49. The zero-order valence-corrected chi connectivity index (χ0v) is 10.8. The van der Waals surface area contributed by atoms with Gasteiger partial charge in [0.1, 0.15) is 0 Å². The van der Waals surface area contributed by atoms with E-state index < -0.39 is 0 Å². The third-order valence-corrected chi connectivity index (χ3v) is 3.06. The van der Waals surface area contributed by atoms with Gasteiger partial charge in [-0.05, 0) is 42.8 Å². The van der Waals surface area contributed by atoms with Crippen molar-refractivity contribution in [3.8, 4) is 5.69 Å². The van der Waals surface area contributed by atoms with Gasteiger partial charge in [0.15, 0.2) is 5.65 Å². The van der Waals surface area contributed by atoms with E-state index in [2.05, 4.69) is 45.1 Å². The van der Waals surface area contributed by atoms with Gasteiger partial charge in [-0.2, -0.15) is 5.10 Å². The molecule has 0 aliphatic carbocycles. The molecule has 17 heavy (non-hydrogen) atoms. The summed E-state index contributed by atoms with van der Waals surface area (Å²) in [6.45, 7) is 2.06. The van der Waals surface area contributed by atoms with Crippen LogP contribution in [0.15, 0.2) is 47.2 Å². The number of rotatable bonds is 1. The molecule has 4 heteroatoms. The molecule has 2 heterocycles.